The number of methoxy groups -OCH3 is 1. The number of carbonyl (C=O) groups is 2. The van der Waals surface area contributed by atoms with Crippen LogP contribution in [-0.4, -0.2) is 64.8 Å². The van der Waals surface area contributed by atoms with Crippen molar-refractivity contribution in [3.63, 3.8) is 0 Å². The second-order valence-electron chi connectivity index (χ2n) is 7.43. The molecule has 0 fully saturated rings. The summed E-state index contributed by atoms with van der Waals surface area (Å²) in [6, 6.07) is 13.5. The van der Waals surface area contributed by atoms with Gasteiger partial charge in [0.1, 0.15) is 18.1 Å². The molecule has 158 valence electrons. The Morgan fingerprint density at radius 1 is 1.23 bits per heavy atom. The fourth-order valence-electron chi connectivity index (χ4n) is 4.34. The van der Waals surface area contributed by atoms with Crippen LogP contribution in [0.15, 0.2) is 42.5 Å². The number of rotatable bonds is 6. The Kier molecular flexibility index (Phi) is 7.43. The van der Waals surface area contributed by atoms with Gasteiger partial charge in [0.15, 0.2) is 0 Å². The molecule has 8 heteroatoms. The molecule has 3 aromatic rings. The number of aliphatic hydroxyl groups is 1. The van der Waals surface area contributed by atoms with Gasteiger partial charge in [0, 0.05) is 29.8 Å². The molecule has 31 heavy (non-hydrogen) atoms. The summed E-state index contributed by atoms with van der Waals surface area (Å²) in [4.78, 5) is 24.2. The Hall–Kier alpha value is -2.32. The van der Waals surface area contributed by atoms with Crippen molar-refractivity contribution in [2.24, 2.45) is 5.73 Å². The van der Waals surface area contributed by atoms with Crippen LogP contribution >= 0.6 is 0 Å². The predicted molar refractivity (Wildman–Crippen MR) is 119 cm³/mol. The average Bonchev–Trinajstić information content (AvgIpc) is 3.08. The van der Waals surface area contributed by atoms with Crippen molar-refractivity contribution < 1.29 is 24.2 Å². The van der Waals surface area contributed by atoms with Crippen molar-refractivity contribution in [3.8, 4) is 11.5 Å². The second-order valence-corrected chi connectivity index (χ2v) is 7.43. The first-order valence-corrected chi connectivity index (χ1v) is 9.91. The Balaban J connectivity index is 0.00000272. The first kappa shape index (κ1) is 23.3. The van der Waals surface area contributed by atoms with Crippen LogP contribution in [0.4, 0.5) is 0 Å². The summed E-state index contributed by atoms with van der Waals surface area (Å²) in [6.07, 6.45) is 2.27. The molecular weight excluding hydrogens is 407 g/mol. The molecule has 1 amide bonds. The van der Waals surface area contributed by atoms with Gasteiger partial charge in [0.2, 0.25) is 5.91 Å². The van der Waals surface area contributed by atoms with E-state index in [-0.39, 0.29) is 35.3 Å². The van der Waals surface area contributed by atoms with Crippen LogP contribution in [0.25, 0.3) is 10.9 Å². The van der Waals surface area contributed by atoms with E-state index in [1.807, 2.05) is 36.4 Å². The molecule has 0 radical (unpaired) electrons. The van der Waals surface area contributed by atoms with E-state index in [0.717, 1.165) is 35.2 Å². The molecule has 1 aromatic heterocycles. The molecule has 0 saturated heterocycles. The van der Waals surface area contributed by atoms with Gasteiger partial charge in [-0.25, -0.2) is 4.79 Å². The summed E-state index contributed by atoms with van der Waals surface area (Å²) < 4.78 is 13.0. The van der Waals surface area contributed by atoms with Gasteiger partial charge in [-0.2, -0.15) is 0 Å². The van der Waals surface area contributed by atoms with Crippen LogP contribution in [0.3, 0.4) is 0 Å². The number of aliphatic hydroxyl groups excluding tert-OH is 1. The molecular formula is C23H25N2NaO5. The van der Waals surface area contributed by atoms with Gasteiger partial charge in [0.05, 0.1) is 18.5 Å². The Labute approximate surface area is 202 Å². The van der Waals surface area contributed by atoms with Crippen molar-refractivity contribution in [3.05, 3.63) is 59.3 Å². The molecule has 2 aromatic carbocycles. The molecule has 1 aliphatic carbocycles. The molecule has 1 heterocycles. The Morgan fingerprint density at radius 3 is 2.61 bits per heavy atom. The number of carbonyl (C=O) groups excluding carboxylic acids is 2. The van der Waals surface area contributed by atoms with Crippen LogP contribution in [0.1, 0.15) is 35.6 Å². The summed E-state index contributed by atoms with van der Waals surface area (Å²) >= 11 is 0. The third-order valence-electron chi connectivity index (χ3n) is 5.62. The number of esters is 1. The second kappa shape index (κ2) is 9.87. The molecule has 7 nitrogen and oxygen atoms in total. The summed E-state index contributed by atoms with van der Waals surface area (Å²) in [6.45, 7) is -0.149. The molecule has 1 unspecified atom stereocenters. The average molecular weight is 432 g/mol. The van der Waals surface area contributed by atoms with Crippen LogP contribution in [-0.2, 0) is 22.6 Å². The van der Waals surface area contributed by atoms with Gasteiger partial charge in [-0.05, 0) is 30.4 Å². The SMILES string of the molecule is COc1cc(OC(=O)CO)c2c3c(n(Cc4ccccc4)c2c1)CCCC3C(N)=O.[NaH]. The Morgan fingerprint density at radius 2 is 1.97 bits per heavy atom. The summed E-state index contributed by atoms with van der Waals surface area (Å²) in [5.74, 6) is -0.860. The number of hydrogen-bond donors (Lipinski definition) is 2. The van der Waals surface area contributed by atoms with Gasteiger partial charge in [-0.3, -0.25) is 4.79 Å². The molecule has 3 N–H and O–H groups in total. The maximum atomic E-state index is 12.3. The third kappa shape index (κ3) is 4.50. The van der Waals surface area contributed by atoms with E-state index in [1.54, 1.807) is 6.07 Å². The number of hydrogen-bond acceptors (Lipinski definition) is 5. The predicted octanol–water partition coefficient (Wildman–Crippen LogP) is 1.85. The first-order valence-electron chi connectivity index (χ1n) is 9.91. The zero-order valence-corrected chi connectivity index (χ0v) is 16.8. The van der Waals surface area contributed by atoms with Gasteiger partial charge < -0.3 is 24.9 Å². The van der Waals surface area contributed by atoms with E-state index in [0.29, 0.717) is 24.1 Å². The Bertz CT molecular complexity index is 1110. The van der Waals surface area contributed by atoms with E-state index < -0.39 is 24.4 Å². The van der Waals surface area contributed by atoms with Gasteiger partial charge in [0.25, 0.3) is 0 Å². The zero-order chi connectivity index (χ0) is 21.3. The molecule has 0 saturated carbocycles. The zero-order valence-electron chi connectivity index (χ0n) is 16.8. The van der Waals surface area contributed by atoms with Crippen molar-refractivity contribution >= 4 is 52.3 Å². The van der Waals surface area contributed by atoms with E-state index >= 15 is 0 Å². The number of ether oxygens (including phenoxy) is 2. The van der Waals surface area contributed by atoms with Gasteiger partial charge >= 0.3 is 35.5 Å². The van der Waals surface area contributed by atoms with E-state index in [9.17, 15) is 14.7 Å². The number of nitrogens with two attached hydrogens (primary N) is 1. The quantitative estimate of drug-likeness (QED) is 0.352. The van der Waals surface area contributed by atoms with Crippen LogP contribution in [0.5, 0.6) is 11.5 Å². The fraction of sp³-hybridized carbons (Fsp3) is 0.304. The standard InChI is InChI=1S/C23H24N2O5.Na.H/c1-29-15-10-18-22(19(11-15)30-20(27)13-26)21-16(23(24)28)8-5-9-17(21)25(18)12-14-6-3-2-4-7-14;;/h2-4,6-7,10-11,16,26H,5,8-9,12-13H2,1H3,(H2,24,28);;. The van der Waals surface area contributed by atoms with E-state index in [1.165, 1.54) is 7.11 Å². The third-order valence-corrected chi connectivity index (χ3v) is 5.62. The number of amides is 1. The number of aromatic nitrogens is 1. The summed E-state index contributed by atoms with van der Waals surface area (Å²) in [5.41, 5.74) is 9.48. The van der Waals surface area contributed by atoms with Gasteiger partial charge in [-0.15, -0.1) is 0 Å². The van der Waals surface area contributed by atoms with E-state index in [2.05, 4.69) is 4.57 Å². The first-order chi connectivity index (χ1) is 14.5. The molecule has 4 rings (SSSR count). The maximum absolute atomic E-state index is 12.3. The van der Waals surface area contributed by atoms with Crippen LogP contribution < -0.4 is 15.2 Å². The number of nitrogens with zero attached hydrogens (tertiary/aromatic N) is 1. The van der Waals surface area contributed by atoms with E-state index in [4.69, 9.17) is 15.2 Å². The molecule has 1 aliphatic rings. The van der Waals surface area contributed by atoms with Crippen LogP contribution in [0, 0.1) is 0 Å². The monoisotopic (exact) mass is 432 g/mol. The fourth-order valence-corrected chi connectivity index (χ4v) is 4.34. The normalized spacial score (nSPS) is 15.1. The minimum absolute atomic E-state index is 0. The molecule has 0 spiro atoms. The molecule has 0 bridgehead atoms. The number of primary amides is 1. The van der Waals surface area contributed by atoms with Crippen molar-refractivity contribution in [1.82, 2.24) is 4.57 Å². The summed E-state index contributed by atoms with van der Waals surface area (Å²) in [5, 5.41) is 9.86. The van der Waals surface area contributed by atoms with Crippen molar-refractivity contribution in [1.29, 1.82) is 0 Å². The summed E-state index contributed by atoms with van der Waals surface area (Å²) in [7, 11) is 1.54. The number of benzene rings is 2. The number of fused-ring (bicyclic) bond motifs is 3. The molecule has 0 aliphatic heterocycles. The topological polar surface area (TPSA) is 104 Å². The van der Waals surface area contributed by atoms with Crippen LogP contribution in [0.2, 0.25) is 0 Å². The van der Waals surface area contributed by atoms with Crippen molar-refractivity contribution in [2.75, 3.05) is 13.7 Å². The van der Waals surface area contributed by atoms with Crippen molar-refractivity contribution in [2.45, 2.75) is 31.7 Å². The molecule has 1 atom stereocenters. The van der Waals surface area contributed by atoms with Gasteiger partial charge in [-0.1, -0.05) is 30.3 Å². The minimum atomic E-state index is -0.777.